The number of hydrogen-bond acceptors (Lipinski definition) is 3. The average molecular weight is 352 g/mol. The van der Waals surface area contributed by atoms with Crippen molar-refractivity contribution < 1.29 is 9.53 Å². The molecule has 1 fully saturated rings. The zero-order valence-electron chi connectivity index (χ0n) is 15.7. The van der Waals surface area contributed by atoms with E-state index in [2.05, 4.69) is 22.3 Å². The van der Waals surface area contributed by atoms with Gasteiger partial charge in [0.15, 0.2) is 0 Å². The summed E-state index contributed by atoms with van der Waals surface area (Å²) in [5, 5.41) is 3.06. The monoisotopic (exact) mass is 352 g/mol. The maximum absolute atomic E-state index is 12.6. The number of methoxy groups -OCH3 is 1. The highest BCUT2D eigenvalue weighted by atomic mass is 16.5. The van der Waals surface area contributed by atoms with Crippen molar-refractivity contribution in [3.63, 3.8) is 0 Å². The quantitative estimate of drug-likeness (QED) is 0.848. The van der Waals surface area contributed by atoms with Gasteiger partial charge in [-0.3, -0.25) is 9.69 Å². The van der Waals surface area contributed by atoms with Crippen molar-refractivity contribution in [1.82, 2.24) is 10.2 Å². The molecule has 0 unspecified atom stereocenters. The first kappa shape index (κ1) is 18.5. The molecule has 138 valence electrons. The number of piperidine rings is 1. The molecule has 4 nitrogen and oxygen atoms in total. The van der Waals surface area contributed by atoms with Crippen LogP contribution in [-0.2, 0) is 6.54 Å². The molecule has 0 radical (unpaired) electrons. The van der Waals surface area contributed by atoms with E-state index in [0.29, 0.717) is 5.56 Å². The van der Waals surface area contributed by atoms with Crippen molar-refractivity contribution in [1.29, 1.82) is 0 Å². The Labute approximate surface area is 156 Å². The Morgan fingerprint density at radius 2 is 1.77 bits per heavy atom. The number of ether oxygens (including phenoxy) is 1. The molecule has 0 spiro atoms. The molecule has 2 aromatic carbocycles. The van der Waals surface area contributed by atoms with Gasteiger partial charge in [-0.25, -0.2) is 0 Å². The first-order valence-electron chi connectivity index (χ1n) is 9.42. The van der Waals surface area contributed by atoms with E-state index in [0.717, 1.165) is 17.9 Å². The van der Waals surface area contributed by atoms with Crippen molar-refractivity contribution in [2.45, 2.75) is 38.8 Å². The van der Waals surface area contributed by atoms with Crippen molar-refractivity contribution in [3.8, 4) is 5.75 Å². The van der Waals surface area contributed by atoms with Crippen molar-refractivity contribution in [2.75, 3.05) is 20.2 Å². The molecule has 0 saturated carbocycles. The summed E-state index contributed by atoms with van der Waals surface area (Å²) in [6, 6.07) is 15.6. The van der Waals surface area contributed by atoms with Gasteiger partial charge in [0.05, 0.1) is 13.2 Å². The molecule has 2 aromatic rings. The Morgan fingerprint density at radius 3 is 2.46 bits per heavy atom. The van der Waals surface area contributed by atoms with E-state index in [1.807, 2.05) is 43.3 Å². The van der Waals surface area contributed by atoms with E-state index in [1.54, 1.807) is 7.11 Å². The number of carbonyl (C=O) groups is 1. The van der Waals surface area contributed by atoms with Gasteiger partial charge in [0.25, 0.3) is 5.91 Å². The normalized spacial score (nSPS) is 16.1. The largest absolute Gasteiger partial charge is 0.496 e. The number of para-hydroxylation sites is 1. The molecule has 3 rings (SSSR count). The van der Waals surface area contributed by atoms with Gasteiger partial charge in [-0.1, -0.05) is 36.8 Å². The molecular formula is C22H28N2O2. The van der Waals surface area contributed by atoms with E-state index >= 15 is 0 Å². The minimum absolute atomic E-state index is 0.0621. The van der Waals surface area contributed by atoms with Crippen molar-refractivity contribution in [3.05, 3.63) is 65.2 Å². The van der Waals surface area contributed by atoms with Crippen LogP contribution in [0, 0.1) is 0 Å². The summed E-state index contributed by atoms with van der Waals surface area (Å²) in [7, 11) is 1.65. The number of hydrogen-bond donors (Lipinski definition) is 1. The van der Waals surface area contributed by atoms with Gasteiger partial charge in [0.1, 0.15) is 5.75 Å². The lowest BCUT2D eigenvalue weighted by molar-refractivity contribution is 0.0939. The summed E-state index contributed by atoms with van der Waals surface area (Å²) < 4.78 is 5.39. The van der Waals surface area contributed by atoms with Crippen LogP contribution in [0.3, 0.4) is 0 Å². The summed E-state index contributed by atoms with van der Waals surface area (Å²) in [5.74, 6) is 0.727. The van der Waals surface area contributed by atoms with Crippen molar-refractivity contribution >= 4 is 5.91 Å². The highest BCUT2D eigenvalue weighted by Crippen LogP contribution is 2.24. The highest BCUT2D eigenvalue weighted by Gasteiger charge is 2.15. The second-order valence-electron chi connectivity index (χ2n) is 6.97. The van der Waals surface area contributed by atoms with Crippen LogP contribution < -0.4 is 10.1 Å². The third kappa shape index (κ3) is 4.64. The lowest BCUT2D eigenvalue weighted by Crippen LogP contribution is -2.29. The standard InChI is InChI=1S/C22H28N2O2/c1-17(20-8-4-5-9-21(20)26-2)23-22(25)19-12-10-18(11-13-19)16-24-14-6-3-7-15-24/h4-5,8-13,17H,3,6-7,14-16H2,1-2H3,(H,23,25)/t17-/m1/s1. The Morgan fingerprint density at radius 1 is 1.08 bits per heavy atom. The molecule has 1 aliphatic rings. The van der Waals surface area contributed by atoms with Crippen LogP contribution in [0.2, 0.25) is 0 Å². The van der Waals surface area contributed by atoms with Gasteiger partial charge >= 0.3 is 0 Å². The van der Waals surface area contributed by atoms with Gasteiger partial charge < -0.3 is 10.1 Å². The summed E-state index contributed by atoms with van der Waals surface area (Å²) in [5.41, 5.74) is 2.93. The van der Waals surface area contributed by atoms with E-state index in [-0.39, 0.29) is 11.9 Å². The lowest BCUT2D eigenvalue weighted by atomic mass is 10.1. The van der Waals surface area contributed by atoms with Gasteiger partial charge in [-0.2, -0.15) is 0 Å². The maximum atomic E-state index is 12.6. The molecule has 26 heavy (non-hydrogen) atoms. The van der Waals surface area contributed by atoms with Gasteiger partial charge in [0, 0.05) is 17.7 Å². The Bertz CT molecular complexity index is 721. The molecule has 1 N–H and O–H groups in total. The summed E-state index contributed by atoms with van der Waals surface area (Å²) in [6.45, 7) is 5.30. The number of carbonyl (C=O) groups excluding carboxylic acids is 1. The molecule has 4 heteroatoms. The van der Waals surface area contributed by atoms with E-state index < -0.39 is 0 Å². The molecule has 1 heterocycles. The summed E-state index contributed by atoms with van der Waals surface area (Å²) in [6.07, 6.45) is 3.93. The second kappa shape index (κ2) is 8.86. The van der Waals surface area contributed by atoms with Gasteiger partial charge in [0.2, 0.25) is 0 Å². The first-order chi connectivity index (χ1) is 12.7. The molecule has 1 aliphatic heterocycles. The fourth-order valence-corrected chi connectivity index (χ4v) is 3.52. The minimum atomic E-state index is -0.119. The first-order valence-corrected chi connectivity index (χ1v) is 9.42. The molecule has 1 saturated heterocycles. The average Bonchev–Trinajstić information content (AvgIpc) is 2.69. The van der Waals surface area contributed by atoms with Crippen LogP contribution in [0.25, 0.3) is 0 Å². The van der Waals surface area contributed by atoms with E-state index in [9.17, 15) is 4.79 Å². The van der Waals surface area contributed by atoms with Crippen LogP contribution in [0.15, 0.2) is 48.5 Å². The zero-order chi connectivity index (χ0) is 18.4. The molecule has 0 aromatic heterocycles. The van der Waals surface area contributed by atoms with Gasteiger partial charge in [-0.15, -0.1) is 0 Å². The van der Waals surface area contributed by atoms with Crippen LogP contribution in [0.5, 0.6) is 5.75 Å². The maximum Gasteiger partial charge on any atom is 0.251 e. The summed E-state index contributed by atoms with van der Waals surface area (Å²) >= 11 is 0. The Hall–Kier alpha value is -2.33. The zero-order valence-corrected chi connectivity index (χ0v) is 15.7. The third-order valence-corrected chi connectivity index (χ3v) is 5.02. The fraction of sp³-hybridized carbons (Fsp3) is 0.409. The highest BCUT2D eigenvalue weighted by molar-refractivity contribution is 5.94. The number of amides is 1. The molecule has 1 amide bonds. The Balaban J connectivity index is 1.60. The van der Waals surface area contributed by atoms with Crippen LogP contribution in [0.4, 0.5) is 0 Å². The predicted molar refractivity (Wildman–Crippen MR) is 104 cm³/mol. The molecule has 0 bridgehead atoms. The van der Waals surface area contributed by atoms with Crippen LogP contribution >= 0.6 is 0 Å². The molecule has 0 aliphatic carbocycles. The number of nitrogens with zero attached hydrogens (tertiary/aromatic N) is 1. The molecular weight excluding hydrogens is 324 g/mol. The smallest absolute Gasteiger partial charge is 0.251 e. The fourth-order valence-electron chi connectivity index (χ4n) is 3.52. The number of nitrogens with one attached hydrogen (secondary N) is 1. The van der Waals surface area contributed by atoms with Crippen molar-refractivity contribution in [2.24, 2.45) is 0 Å². The third-order valence-electron chi connectivity index (χ3n) is 5.02. The Kier molecular flexibility index (Phi) is 6.29. The SMILES string of the molecule is COc1ccccc1[C@@H](C)NC(=O)c1ccc(CN2CCCCC2)cc1. The van der Waals surface area contributed by atoms with Crippen LogP contribution in [0.1, 0.15) is 53.7 Å². The van der Waals surface area contributed by atoms with E-state index in [1.165, 1.54) is 37.9 Å². The summed E-state index contributed by atoms with van der Waals surface area (Å²) in [4.78, 5) is 15.1. The number of benzene rings is 2. The van der Waals surface area contributed by atoms with Gasteiger partial charge in [-0.05, 0) is 56.6 Å². The van der Waals surface area contributed by atoms with Crippen LogP contribution in [-0.4, -0.2) is 31.0 Å². The predicted octanol–water partition coefficient (Wildman–Crippen LogP) is 4.17. The number of rotatable bonds is 6. The number of likely N-dealkylation sites (tertiary alicyclic amines) is 1. The van der Waals surface area contributed by atoms with E-state index in [4.69, 9.17) is 4.74 Å². The molecule has 1 atom stereocenters. The minimum Gasteiger partial charge on any atom is -0.496 e. The topological polar surface area (TPSA) is 41.6 Å². The second-order valence-corrected chi connectivity index (χ2v) is 6.97. The lowest BCUT2D eigenvalue weighted by Gasteiger charge is -2.26.